The Morgan fingerprint density at radius 3 is 2.93 bits per heavy atom. The van der Waals surface area contributed by atoms with Crippen LogP contribution in [-0.4, -0.2) is 25.8 Å². The molecule has 2 aromatic heterocycles. The molecule has 15 heavy (non-hydrogen) atoms. The fraction of sp³-hybridized carbons (Fsp3) is 0.100. The van der Waals surface area contributed by atoms with Gasteiger partial charge in [-0.25, -0.2) is 9.67 Å². The Morgan fingerprint density at radius 1 is 1.40 bits per heavy atom. The highest BCUT2D eigenvalue weighted by Gasteiger charge is 2.05. The molecule has 0 spiro atoms. The molecule has 0 bridgehead atoms. The molecule has 0 saturated heterocycles. The first-order valence-electron chi connectivity index (χ1n) is 4.43. The predicted molar refractivity (Wildman–Crippen MR) is 52.7 cm³/mol. The number of carboxylic acid groups (broad SMARTS) is 1. The van der Waals surface area contributed by atoms with E-state index in [0.29, 0.717) is 11.5 Å². The third-order valence-electron chi connectivity index (χ3n) is 1.86. The maximum atomic E-state index is 10.4. The molecule has 1 N–H and O–H groups in total. The van der Waals surface area contributed by atoms with Crippen LogP contribution in [-0.2, 0) is 11.2 Å². The summed E-state index contributed by atoms with van der Waals surface area (Å²) in [5.41, 5.74) is 0.521. The van der Waals surface area contributed by atoms with Gasteiger partial charge in [-0.3, -0.25) is 4.79 Å². The van der Waals surface area contributed by atoms with Crippen molar-refractivity contribution in [3.8, 4) is 5.82 Å². The predicted octanol–water partition coefficient (Wildman–Crippen LogP) is 0.894. The molecule has 0 saturated carbocycles. The zero-order chi connectivity index (χ0) is 10.7. The quantitative estimate of drug-likeness (QED) is 0.804. The van der Waals surface area contributed by atoms with E-state index >= 15 is 0 Å². The van der Waals surface area contributed by atoms with E-state index in [1.54, 1.807) is 29.2 Å². The molecule has 0 aliphatic rings. The van der Waals surface area contributed by atoms with E-state index in [-0.39, 0.29) is 6.42 Å². The molecule has 0 radical (unpaired) electrons. The molecular weight excluding hydrogens is 194 g/mol. The number of pyridine rings is 1. The summed E-state index contributed by atoms with van der Waals surface area (Å²) in [4.78, 5) is 14.5. The van der Waals surface area contributed by atoms with Crippen LogP contribution in [0, 0.1) is 0 Å². The number of rotatable bonds is 3. The van der Waals surface area contributed by atoms with Gasteiger partial charge in [-0.05, 0) is 18.2 Å². The second-order valence-corrected chi connectivity index (χ2v) is 3.01. The highest BCUT2D eigenvalue weighted by molar-refractivity contribution is 5.69. The molecule has 0 atom stereocenters. The zero-order valence-electron chi connectivity index (χ0n) is 7.87. The Labute approximate surface area is 86.0 Å². The molecule has 2 heterocycles. The van der Waals surface area contributed by atoms with Crippen LogP contribution in [0.2, 0.25) is 0 Å². The van der Waals surface area contributed by atoms with Crippen LogP contribution in [0.1, 0.15) is 5.69 Å². The Balaban J connectivity index is 2.24. The Bertz CT molecular complexity index is 465. The van der Waals surface area contributed by atoms with Crippen LogP contribution in [0.25, 0.3) is 5.82 Å². The van der Waals surface area contributed by atoms with E-state index in [1.807, 2.05) is 12.1 Å². The third-order valence-corrected chi connectivity index (χ3v) is 1.86. The molecule has 0 amide bonds. The largest absolute Gasteiger partial charge is 0.481 e. The van der Waals surface area contributed by atoms with E-state index in [4.69, 9.17) is 5.11 Å². The first-order valence-corrected chi connectivity index (χ1v) is 4.43. The Morgan fingerprint density at radius 2 is 2.27 bits per heavy atom. The van der Waals surface area contributed by atoms with Crippen molar-refractivity contribution in [2.24, 2.45) is 0 Å². The average molecular weight is 203 g/mol. The van der Waals surface area contributed by atoms with Gasteiger partial charge in [0.1, 0.15) is 0 Å². The maximum absolute atomic E-state index is 10.4. The van der Waals surface area contributed by atoms with Crippen molar-refractivity contribution in [3.05, 3.63) is 42.4 Å². The molecule has 0 aliphatic carbocycles. The highest BCUT2D eigenvalue weighted by atomic mass is 16.4. The molecule has 2 aromatic rings. The third kappa shape index (κ3) is 2.19. The summed E-state index contributed by atoms with van der Waals surface area (Å²) in [6, 6.07) is 7.13. The first kappa shape index (κ1) is 9.39. The topological polar surface area (TPSA) is 68.0 Å². The van der Waals surface area contributed by atoms with Crippen molar-refractivity contribution in [3.63, 3.8) is 0 Å². The van der Waals surface area contributed by atoms with Gasteiger partial charge < -0.3 is 5.11 Å². The fourth-order valence-electron chi connectivity index (χ4n) is 1.23. The standard InChI is InChI=1S/C10H9N3O2/c14-10(15)7-8-4-6-13(12-8)9-3-1-2-5-11-9/h1-6H,7H2,(H,14,15). The summed E-state index contributed by atoms with van der Waals surface area (Å²) in [6.07, 6.45) is 3.29. The van der Waals surface area contributed by atoms with Crippen LogP contribution in [0.4, 0.5) is 0 Å². The van der Waals surface area contributed by atoms with Crippen molar-refractivity contribution in [1.82, 2.24) is 14.8 Å². The fourth-order valence-corrected chi connectivity index (χ4v) is 1.23. The SMILES string of the molecule is O=C(O)Cc1ccn(-c2ccccn2)n1. The van der Waals surface area contributed by atoms with Gasteiger partial charge in [0.05, 0.1) is 12.1 Å². The van der Waals surface area contributed by atoms with Crippen molar-refractivity contribution in [2.45, 2.75) is 6.42 Å². The normalized spacial score (nSPS) is 10.1. The van der Waals surface area contributed by atoms with E-state index in [1.165, 1.54) is 0 Å². The van der Waals surface area contributed by atoms with Crippen molar-refractivity contribution < 1.29 is 9.90 Å². The van der Waals surface area contributed by atoms with Gasteiger partial charge in [-0.2, -0.15) is 5.10 Å². The minimum absolute atomic E-state index is 0.0696. The van der Waals surface area contributed by atoms with Crippen LogP contribution in [0.15, 0.2) is 36.7 Å². The second kappa shape index (κ2) is 3.91. The van der Waals surface area contributed by atoms with Crippen LogP contribution < -0.4 is 0 Å². The average Bonchev–Trinajstić information content (AvgIpc) is 2.67. The summed E-state index contributed by atoms with van der Waals surface area (Å²) < 4.78 is 1.55. The summed E-state index contributed by atoms with van der Waals surface area (Å²) >= 11 is 0. The van der Waals surface area contributed by atoms with E-state index in [9.17, 15) is 4.79 Å². The van der Waals surface area contributed by atoms with Crippen molar-refractivity contribution in [1.29, 1.82) is 0 Å². The monoisotopic (exact) mass is 203 g/mol. The van der Waals surface area contributed by atoms with Gasteiger partial charge >= 0.3 is 5.97 Å². The zero-order valence-corrected chi connectivity index (χ0v) is 7.87. The number of hydrogen-bond acceptors (Lipinski definition) is 3. The number of nitrogens with zero attached hydrogens (tertiary/aromatic N) is 3. The van der Waals surface area contributed by atoms with Crippen LogP contribution in [0.3, 0.4) is 0 Å². The number of aromatic nitrogens is 3. The smallest absolute Gasteiger partial charge is 0.309 e. The maximum Gasteiger partial charge on any atom is 0.309 e. The number of hydrogen-bond donors (Lipinski definition) is 1. The summed E-state index contributed by atoms with van der Waals surface area (Å²) in [5.74, 6) is -0.213. The van der Waals surface area contributed by atoms with E-state index < -0.39 is 5.97 Å². The summed E-state index contributed by atoms with van der Waals surface area (Å²) in [6.45, 7) is 0. The second-order valence-electron chi connectivity index (χ2n) is 3.01. The lowest BCUT2D eigenvalue weighted by atomic mass is 10.3. The van der Waals surface area contributed by atoms with Crippen LogP contribution in [0.5, 0.6) is 0 Å². The van der Waals surface area contributed by atoms with Gasteiger partial charge in [0.2, 0.25) is 0 Å². The molecule has 0 aliphatic heterocycles. The lowest BCUT2D eigenvalue weighted by molar-refractivity contribution is -0.136. The van der Waals surface area contributed by atoms with E-state index in [0.717, 1.165) is 0 Å². The summed E-state index contributed by atoms with van der Waals surface area (Å²) in [7, 11) is 0. The molecule has 0 fully saturated rings. The Hall–Kier alpha value is -2.17. The lowest BCUT2D eigenvalue weighted by Crippen LogP contribution is -2.03. The molecule has 5 nitrogen and oxygen atoms in total. The lowest BCUT2D eigenvalue weighted by Gasteiger charge is -1.97. The van der Waals surface area contributed by atoms with Crippen molar-refractivity contribution in [2.75, 3.05) is 0 Å². The molecule has 0 unspecified atom stereocenters. The molecule has 5 heteroatoms. The van der Waals surface area contributed by atoms with Crippen LogP contribution >= 0.6 is 0 Å². The van der Waals surface area contributed by atoms with Gasteiger partial charge in [0.25, 0.3) is 0 Å². The van der Waals surface area contributed by atoms with Gasteiger partial charge in [0, 0.05) is 12.4 Å². The van der Waals surface area contributed by atoms with E-state index in [2.05, 4.69) is 10.1 Å². The number of aliphatic carboxylic acids is 1. The first-order chi connectivity index (χ1) is 7.25. The molecule has 76 valence electrons. The van der Waals surface area contributed by atoms with Gasteiger partial charge in [-0.1, -0.05) is 6.07 Å². The minimum atomic E-state index is -0.888. The summed E-state index contributed by atoms with van der Waals surface area (Å²) in [5, 5.41) is 12.7. The Kier molecular flexibility index (Phi) is 2.45. The minimum Gasteiger partial charge on any atom is -0.481 e. The van der Waals surface area contributed by atoms with Gasteiger partial charge in [0.15, 0.2) is 5.82 Å². The molecule has 0 aromatic carbocycles. The molecule has 2 rings (SSSR count). The highest BCUT2D eigenvalue weighted by Crippen LogP contribution is 2.04. The molecular formula is C10H9N3O2. The van der Waals surface area contributed by atoms with Gasteiger partial charge in [-0.15, -0.1) is 0 Å². The number of carboxylic acids is 1. The van der Waals surface area contributed by atoms with Crippen molar-refractivity contribution >= 4 is 5.97 Å². The number of carbonyl (C=O) groups is 1.